The minimum atomic E-state index is -4.62. The Bertz CT molecular complexity index is 468. The van der Waals surface area contributed by atoms with Crippen molar-refractivity contribution in [2.75, 3.05) is 11.9 Å². The maximum Gasteiger partial charge on any atom is 0.420 e. The first-order valence-corrected chi connectivity index (χ1v) is 4.50. The highest BCUT2D eigenvalue weighted by Gasteiger charge is 2.37. The van der Waals surface area contributed by atoms with Crippen molar-refractivity contribution in [3.8, 4) is 5.75 Å². The maximum atomic E-state index is 12.5. The number of alkyl halides is 3. The lowest BCUT2D eigenvalue weighted by atomic mass is 10.1. The van der Waals surface area contributed by atoms with E-state index in [1.165, 1.54) is 7.05 Å². The number of nitrogens with zero attached hydrogens (tertiary/aromatic N) is 1. The van der Waals surface area contributed by atoms with Gasteiger partial charge in [-0.15, -0.1) is 0 Å². The van der Waals surface area contributed by atoms with Gasteiger partial charge in [0.15, 0.2) is 0 Å². The number of fused-ring (bicyclic) bond motifs is 1. The first kappa shape index (κ1) is 10.8. The summed E-state index contributed by atoms with van der Waals surface area (Å²) in [7, 11) is 1.41. The molecule has 1 aromatic carbocycles. The number of amides is 1. The smallest absolute Gasteiger partial charge is 0.420 e. The molecule has 16 heavy (non-hydrogen) atoms. The van der Waals surface area contributed by atoms with E-state index >= 15 is 0 Å². The summed E-state index contributed by atoms with van der Waals surface area (Å²) in [5, 5.41) is 9.23. The van der Waals surface area contributed by atoms with E-state index in [0.29, 0.717) is 5.56 Å². The number of carbonyl (C=O) groups is 1. The Morgan fingerprint density at radius 3 is 2.56 bits per heavy atom. The Morgan fingerprint density at radius 1 is 1.38 bits per heavy atom. The molecule has 0 aromatic heterocycles. The zero-order valence-electron chi connectivity index (χ0n) is 8.30. The van der Waals surface area contributed by atoms with E-state index < -0.39 is 17.5 Å². The Balaban J connectivity index is 2.59. The molecule has 3 nitrogen and oxygen atoms in total. The molecule has 1 aliphatic rings. The second kappa shape index (κ2) is 3.13. The number of rotatable bonds is 0. The summed E-state index contributed by atoms with van der Waals surface area (Å²) >= 11 is 0. The van der Waals surface area contributed by atoms with Gasteiger partial charge in [-0.25, -0.2) is 0 Å². The fourth-order valence-electron chi connectivity index (χ4n) is 1.72. The Hall–Kier alpha value is -1.72. The molecule has 1 amide bonds. The second-order valence-corrected chi connectivity index (χ2v) is 3.63. The van der Waals surface area contributed by atoms with Crippen LogP contribution in [0, 0.1) is 0 Å². The van der Waals surface area contributed by atoms with E-state index in [-0.39, 0.29) is 18.0 Å². The number of phenolic OH excluding ortho intramolecular Hbond substituents is 1. The summed E-state index contributed by atoms with van der Waals surface area (Å²) in [4.78, 5) is 12.4. The lowest BCUT2D eigenvalue weighted by Gasteiger charge is -2.14. The molecule has 86 valence electrons. The Kier molecular flexibility index (Phi) is 2.11. The molecule has 2 rings (SSSR count). The van der Waals surface area contributed by atoms with Crippen LogP contribution in [0.25, 0.3) is 0 Å². The van der Waals surface area contributed by atoms with Crippen molar-refractivity contribution in [1.82, 2.24) is 0 Å². The Morgan fingerprint density at radius 2 is 2.00 bits per heavy atom. The predicted octanol–water partition coefficient (Wildman–Crippen LogP) is 1.93. The van der Waals surface area contributed by atoms with Gasteiger partial charge in [-0.3, -0.25) is 4.79 Å². The average Bonchev–Trinajstić information content (AvgIpc) is 2.39. The third kappa shape index (κ3) is 1.50. The highest BCUT2D eigenvalue weighted by atomic mass is 19.4. The van der Waals surface area contributed by atoms with Gasteiger partial charge < -0.3 is 10.0 Å². The molecule has 1 N–H and O–H groups in total. The largest absolute Gasteiger partial charge is 0.507 e. The number of benzene rings is 1. The van der Waals surface area contributed by atoms with Gasteiger partial charge in [-0.1, -0.05) is 0 Å². The summed E-state index contributed by atoms with van der Waals surface area (Å²) in [6.07, 6.45) is -4.59. The molecule has 0 saturated heterocycles. The Labute approximate surface area is 89.1 Å². The molecule has 0 saturated carbocycles. The highest BCUT2D eigenvalue weighted by Crippen LogP contribution is 2.41. The number of anilines is 1. The van der Waals surface area contributed by atoms with Gasteiger partial charge >= 0.3 is 6.18 Å². The van der Waals surface area contributed by atoms with Gasteiger partial charge in [0.25, 0.3) is 0 Å². The van der Waals surface area contributed by atoms with Gasteiger partial charge in [0, 0.05) is 12.7 Å². The van der Waals surface area contributed by atoms with Gasteiger partial charge in [-0.05, 0) is 17.7 Å². The SMILES string of the molecule is CN1C(=O)Cc2cc(O)c(C(F)(F)F)cc21. The van der Waals surface area contributed by atoms with Gasteiger partial charge in [-0.2, -0.15) is 13.2 Å². The molecule has 6 heteroatoms. The van der Waals surface area contributed by atoms with Crippen LogP contribution in [0.2, 0.25) is 0 Å². The van der Waals surface area contributed by atoms with E-state index in [2.05, 4.69) is 0 Å². The maximum absolute atomic E-state index is 12.5. The van der Waals surface area contributed by atoms with Crippen molar-refractivity contribution in [2.45, 2.75) is 12.6 Å². The summed E-state index contributed by atoms with van der Waals surface area (Å²) in [6.45, 7) is 0. The fraction of sp³-hybridized carbons (Fsp3) is 0.300. The summed E-state index contributed by atoms with van der Waals surface area (Å²) in [6, 6.07) is 1.80. The number of phenols is 1. The molecule has 0 unspecified atom stereocenters. The number of halogens is 3. The van der Waals surface area contributed by atoms with Crippen LogP contribution in [0.1, 0.15) is 11.1 Å². The highest BCUT2D eigenvalue weighted by molar-refractivity contribution is 6.01. The third-order valence-electron chi connectivity index (χ3n) is 2.58. The van der Waals surface area contributed by atoms with Crippen molar-refractivity contribution in [3.63, 3.8) is 0 Å². The molecule has 0 atom stereocenters. The van der Waals surface area contributed by atoms with Crippen molar-refractivity contribution in [1.29, 1.82) is 0 Å². The van der Waals surface area contributed by atoms with Crippen LogP contribution in [0.3, 0.4) is 0 Å². The molecule has 0 radical (unpaired) electrons. The lowest BCUT2D eigenvalue weighted by molar-refractivity contribution is -0.138. The van der Waals surface area contributed by atoms with Crippen molar-refractivity contribution < 1.29 is 23.1 Å². The van der Waals surface area contributed by atoms with Crippen LogP contribution >= 0.6 is 0 Å². The van der Waals surface area contributed by atoms with Crippen LogP contribution in [-0.4, -0.2) is 18.1 Å². The lowest BCUT2D eigenvalue weighted by Crippen LogP contribution is -2.20. The van der Waals surface area contributed by atoms with Crippen LogP contribution < -0.4 is 4.90 Å². The number of hydrogen-bond donors (Lipinski definition) is 1. The number of carbonyl (C=O) groups excluding carboxylic acids is 1. The van der Waals surface area contributed by atoms with Gasteiger partial charge in [0.05, 0.1) is 12.0 Å². The number of likely N-dealkylation sites (N-methyl/N-ethyl adjacent to an activating group) is 1. The average molecular weight is 231 g/mol. The summed E-state index contributed by atoms with van der Waals surface area (Å²) in [5.74, 6) is -1.12. The van der Waals surface area contributed by atoms with Crippen LogP contribution in [-0.2, 0) is 17.4 Å². The molecule has 1 heterocycles. The van der Waals surface area contributed by atoms with Crippen molar-refractivity contribution >= 4 is 11.6 Å². The standard InChI is InChI=1S/C10H8F3NO2/c1-14-7-4-6(10(11,12)13)8(15)2-5(7)3-9(14)16/h2,4,15H,3H2,1H3. The quantitative estimate of drug-likeness (QED) is 0.741. The molecular formula is C10H8F3NO2. The van der Waals surface area contributed by atoms with Crippen LogP contribution in [0.5, 0.6) is 5.75 Å². The van der Waals surface area contributed by atoms with E-state index in [9.17, 15) is 23.1 Å². The minimum absolute atomic E-state index is 0.0253. The molecule has 1 aromatic rings. The van der Waals surface area contributed by atoms with E-state index in [4.69, 9.17) is 0 Å². The number of hydrogen-bond acceptors (Lipinski definition) is 2. The summed E-state index contributed by atoms with van der Waals surface area (Å²) in [5.41, 5.74) is -0.499. The predicted molar refractivity (Wildman–Crippen MR) is 50.2 cm³/mol. The summed E-state index contributed by atoms with van der Waals surface area (Å²) < 4.78 is 37.4. The van der Waals surface area contributed by atoms with E-state index in [0.717, 1.165) is 17.0 Å². The van der Waals surface area contributed by atoms with E-state index in [1.807, 2.05) is 0 Å². The van der Waals surface area contributed by atoms with Crippen LogP contribution in [0.4, 0.5) is 18.9 Å². The number of aromatic hydroxyl groups is 1. The zero-order valence-corrected chi connectivity index (χ0v) is 8.30. The first-order chi connectivity index (χ1) is 7.30. The van der Waals surface area contributed by atoms with Crippen LogP contribution in [0.15, 0.2) is 12.1 Å². The molecule has 1 aliphatic heterocycles. The third-order valence-corrected chi connectivity index (χ3v) is 2.58. The molecule has 0 aliphatic carbocycles. The zero-order chi connectivity index (χ0) is 12.1. The van der Waals surface area contributed by atoms with Crippen molar-refractivity contribution in [2.24, 2.45) is 0 Å². The molecule has 0 spiro atoms. The second-order valence-electron chi connectivity index (χ2n) is 3.63. The molecular weight excluding hydrogens is 223 g/mol. The topological polar surface area (TPSA) is 40.5 Å². The van der Waals surface area contributed by atoms with Gasteiger partial charge in [0.1, 0.15) is 5.75 Å². The van der Waals surface area contributed by atoms with E-state index in [1.54, 1.807) is 0 Å². The normalized spacial score (nSPS) is 15.5. The van der Waals surface area contributed by atoms with Gasteiger partial charge in [0.2, 0.25) is 5.91 Å². The first-order valence-electron chi connectivity index (χ1n) is 4.50. The fourth-order valence-corrected chi connectivity index (χ4v) is 1.72. The molecule has 0 fully saturated rings. The minimum Gasteiger partial charge on any atom is -0.507 e. The molecule has 0 bridgehead atoms. The van der Waals surface area contributed by atoms with Crippen molar-refractivity contribution in [3.05, 3.63) is 23.3 Å². The monoisotopic (exact) mass is 231 g/mol.